The zero-order valence-electron chi connectivity index (χ0n) is 16.1. The number of nitrogens with zero attached hydrogens (tertiary/aromatic N) is 4. The number of carbonyl (C=O) groups is 2. The van der Waals surface area contributed by atoms with Gasteiger partial charge in [0.25, 0.3) is 0 Å². The molecule has 1 aromatic heterocycles. The number of methoxy groups -OCH3 is 1. The van der Waals surface area contributed by atoms with Gasteiger partial charge in [0.05, 0.1) is 25.6 Å². The Morgan fingerprint density at radius 3 is 2.61 bits per heavy atom. The Bertz CT molecular complexity index is 856. The second kappa shape index (κ2) is 7.67. The smallest absolute Gasteiger partial charge is 0.311 e. The first kappa shape index (κ1) is 18.6. The number of fused-ring (bicyclic) bond motifs is 1. The largest absolute Gasteiger partial charge is 0.469 e. The van der Waals surface area contributed by atoms with Crippen molar-refractivity contribution in [3.63, 3.8) is 0 Å². The van der Waals surface area contributed by atoms with Crippen molar-refractivity contribution in [2.45, 2.75) is 32.0 Å². The minimum atomic E-state index is -0.344. The summed E-state index contributed by atoms with van der Waals surface area (Å²) >= 11 is 0. The molecule has 0 N–H and O–H groups in total. The highest BCUT2D eigenvalue weighted by Gasteiger charge is 2.50. The average molecular weight is 380 g/mol. The summed E-state index contributed by atoms with van der Waals surface area (Å²) in [6, 6.07) is 9.49. The molecule has 2 fully saturated rings. The number of ether oxygens (including phenoxy) is 1. The van der Waals surface area contributed by atoms with Crippen LogP contribution in [0.15, 0.2) is 42.7 Å². The molecule has 0 unspecified atom stereocenters. The van der Waals surface area contributed by atoms with Crippen LogP contribution in [0.1, 0.15) is 29.4 Å². The fourth-order valence-corrected chi connectivity index (χ4v) is 4.41. The van der Waals surface area contributed by atoms with E-state index in [9.17, 15) is 9.59 Å². The number of aryl methyl sites for hydroxylation is 1. The highest BCUT2D eigenvalue weighted by Crippen LogP contribution is 2.43. The Kier molecular flexibility index (Phi) is 5.09. The van der Waals surface area contributed by atoms with Gasteiger partial charge in [0.15, 0.2) is 0 Å². The molecular weight excluding hydrogens is 356 g/mol. The van der Waals surface area contributed by atoms with E-state index in [2.05, 4.69) is 14.9 Å². The molecule has 7 heteroatoms. The van der Waals surface area contributed by atoms with Gasteiger partial charge in [-0.05, 0) is 18.9 Å². The molecule has 0 radical (unpaired) electrons. The van der Waals surface area contributed by atoms with E-state index in [1.807, 2.05) is 42.2 Å². The van der Waals surface area contributed by atoms with Crippen LogP contribution in [0.25, 0.3) is 0 Å². The monoisotopic (exact) mass is 380 g/mol. The molecule has 0 spiro atoms. The summed E-state index contributed by atoms with van der Waals surface area (Å²) in [5.41, 5.74) is 1.96. The van der Waals surface area contributed by atoms with E-state index in [4.69, 9.17) is 4.74 Å². The normalized spacial score (nSPS) is 24.9. The molecule has 4 rings (SSSR count). The molecule has 2 aliphatic rings. The Balaban J connectivity index is 1.57. The van der Waals surface area contributed by atoms with E-state index in [1.54, 1.807) is 12.4 Å². The van der Waals surface area contributed by atoms with Gasteiger partial charge < -0.3 is 9.64 Å². The number of hydrogen-bond donors (Lipinski definition) is 0. The van der Waals surface area contributed by atoms with Gasteiger partial charge in [0, 0.05) is 37.1 Å². The average Bonchev–Trinajstić information content (AvgIpc) is 3.10. The SMILES string of the molecule is COC(=O)[C@H]1C[C@H]2CN(Cc3cnc(C)nc3)CC(=O)N2[C@H]1c1ccccc1. The van der Waals surface area contributed by atoms with Gasteiger partial charge in [0.2, 0.25) is 5.91 Å². The third kappa shape index (κ3) is 3.49. The van der Waals surface area contributed by atoms with Crippen molar-refractivity contribution in [3.05, 3.63) is 59.7 Å². The van der Waals surface area contributed by atoms with Gasteiger partial charge in [-0.15, -0.1) is 0 Å². The first-order valence-electron chi connectivity index (χ1n) is 9.50. The van der Waals surface area contributed by atoms with Crippen LogP contribution in [0.2, 0.25) is 0 Å². The number of benzene rings is 1. The quantitative estimate of drug-likeness (QED) is 0.752. The van der Waals surface area contributed by atoms with Crippen LogP contribution in [0.5, 0.6) is 0 Å². The van der Waals surface area contributed by atoms with Gasteiger partial charge in [-0.1, -0.05) is 30.3 Å². The predicted molar refractivity (Wildman–Crippen MR) is 102 cm³/mol. The third-order valence-corrected chi connectivity index (χ3v) is 5.60. The molecule has 2 aliphatic heterocycles. The fourth-order valence-electron chi connectivity index (χ4n) is 4.41. The van der Waals surface area contributed by atoms with Crippen molar-refractivity contribution in [2.75, 3.05) is 20.2 Å². The number of esters is 1. The molecule has 1 amide bonds. The fraction of sp³-hybridized carbons (Fsp3) is 0.429. The van der Waals surface area contributed by atoms with E-state index >= 15 is 0 Å². The van der Waals surface area contributed by atoms with Crippen molar-refractivity contribution in [1.82, 2.24) is 19.8 Å². The van der Waals surface area contributed by atoms with E-state index in [1.165, 1.54) is 7.11 Å². The van der Waals surface area contributed by atoms with Crippen LogP contribution >= 0.6 is 0 Å². The highest BCUT2D eigenvalue weighted by molar-refractivity contribution is 5.83. The van der Waals surface area contributed by atoms with Gasteiger partial charge in [-0.25, -0.2) is 9.97 Å². The van der Waals surface area contributed by atoms with Crippen molar-refractivity contribution in [1.29, 1.82) is 0 Å². The van der Waals surface area contributed by atoms with Crippen molar-refractivity contribution in [2.24, 2.45) is 5.92 Å². The maximum absolute atomic E-state index is 13.1. The molecule has 2 aromatic rings. The first-order valence-corrected chi connectivity index (χ1v) is 9.50. The number of piperazine rings is 1. The van der Waals surface area contributed by atoms with E-state index < -0.39 is 0 Å². The van der Waals surface area contributed by atoms with E-state index in [0.29, 0.717) is 19.5 Å². The molecule has 0 bridgehead atoms. The van der Waals surface area contributed by atoms with Gasteiger partial charge in [-0.2, -0.15) is 0 Å². The lowest BCUT2D eigenvalue weighted by molar-refractivity contribution is -0.147. The minimum Gasteiger partial charge on any atom is -0.469 e. The van der Waals surface area contributed by atoms with Crippen LogP contribution in [0.3, 0.4) is 0 Å². The van der Waals surface area contributed by atoms with Crippen LogP contribution in [0, 0.1) is 12.8 Å². The Morgan fingerprint density at radius 2 is 1.93 bits per heavy atom. The lowest BCUT2D eigenvalue weighted by atomic mass is 9.93. The zero-order chi connectivity index (χ0) is 19.7. The van der Waals surface area contributed by atoms with Gasteiger partial charge in [0.1, 0.15) is 5.82 Å². The molecule has 0 aliphatic carbocycles. The Labute approximate surface area is 164 Å². The second-order valence-corrected chi connectivity index (χ2v) is 7.48. The lowest BCUT2D eigenvalue weighted by Crippen LogP contribution is -2.54. The summed E-state index contributed by atoms with van der Waals surface area (Å²) in [4.78, 5) is 38.0. The summed E-state index contributed by atoms with van der Waals surface area (Å²) in [6.45, 7) is 3.51. The third-order valence-electron chi connectivity index (χ3n) is 5.60. The molecule has 0 saturated carbocycles. The van der Waals surface area contributed by atoms with Crippen LogP contribution in [-0.4, -0.2) is 57.9 Å². The summed E-state index contributed by atoms with van der Waals surface area (Å²) in [7, 11) is 1.41. The summed E-state index contributed by atoms with van der Waals surface area (Å²) < 4.78 is 5.05. The number of carbonyl (C=O) groups excluding carboxylic acids is 2. The topological polar surface area (TPSA) is 75.6 Å². The second-order valence-electron chi connectivity index (χ2n) is 7.48. The summed E-state index contributed by atoms with van der Waals surface area (Å²) in [5.74, 6) is 0.176. The molecule has 146 valence electrons. The van der Waals surface area contributed by atoms with Crippen LogP contribution in [-0.2, 0) is 20.9 Å². The molecular formula is C21H24N4O3. The molecule has 3 heterocycles. The number of aromatic nitrogens is 2. The predicted octanol–water partition coefficient (Wildman–Crippen LogP) is 1.73. The van der Waals surface area contributed by atoms with Gasteiger partial charge >= 0.3 is 5.97 Å². The van der Waals surface area contributed by atoms with Crippen molar-refractivity contribution < 1.29 is 14.3 Å². The lowest BCUT2D eigenvalue weighted by Gasteiger charge is -2.40. The first-order chi connectivity index (χ1) is 13.6. The van der Waals surface area contributed by atoms with E-state index in [-0.39, 0.29) is 29.9 Å². The standard InChI is InChI=1S/C21H24N4O3/c1-14-22-9-15(10-23-14)11-24-12-17-8-18(21(27)28-2)20(25(17)19(26)13-24)16-6-4-3-5-7-16/h3-7,9-10,17-18,20H,8,11-13H2,1-2H3/t17-,18-,20-/m0/s1. The Morgan fingerprint density at radius 1 is 1.21 bits per heavy atom. The zero-order valence-corrected chi connectivity index (χ0v) is 16.1. The molecule has 1 aromatic carbocycles. The maximum Gasteiger partial charge on any atom is 0.311 e. The summed E-state index contributed by atoms with van der Waals surface area (Å²) in [6.07, 6.45) is 4.22. The Hall–Kier alpha value is -2.80. The van der Waals surface area contributed by atoms with Crippen LogP contribution in [0.4, 0.5) is 0 Å². The molecule has 7 nitrogen and oxygen atoms in total. The number of rotatable bonds is 4. The minimum absolute atomic E-state index is 0.0121. The molecule has 28 heavy (non-hydrogen) atoms. The molecule has 2 saturated heterocycles. The highest BCUT2D eigenvalue weighted by atomic mass is 16.5. The van der Waals surface area contributed by atoms with E-state index in [0.717, 1.165) is 23.5 Å². The molecule has 3 atom stereocenters. The van der Waals surface area contributed by atoms with Crippen LogP contribution < -0.4 is 0 Å². The van der Waals surface area contributed by atoms with Crippen molar-refractivity contribution >= 4 is 11.9 Å². The number of hydrogen-bond acceptors (Lipinski definition) is 6. The maximum atomic E-state index is 13.1. The van der Waals surface area contributed by atoms with Crippen molar-refractivity contribution in [3.8, 4) is 0 Å². The summed E-state index contributed by atoms with van der Waals surface area (Å²) in [5, 5.41) is 0. The number of amides is 1. The van der Waals surface area contributed by atoms with Gasteiger partial charge in [-0.3, -0.25) is 14.5 Å².